The standard InChI is InChI=1S/C13H15N3O2S/c1-8-6-10(4-5-11(8)18-3)12-14-13(16-15-12)19-7-9(2)17/h4-6H,7H2,1-3H3,(H,14,15,16). The Kier molecular flexibility index (Phi) is 4.21. The van der Waals surface area contributed by atoms with Gasteiger partial charge in [0.1, 0.15) is 11.5 Å². The van der Waals surface area contributed by atoms with Crippen LogP contribution in [0.2, 0.25) is 0 Å². The molecule has 1 heterocycles. The smallest absolute Gasteiger partial charge is 0.209 e. The number of ketones is 1. The number of aromatic nitrogens is 3. The number of aryl methyl sites for hydroxylation is 1. The first kappa shape index (κ1) is 13.6. The molecule has 0 radical (unpaired) electrons. The van der Waals surface area contributed by atoms with Crippen molar-refractivity contribution in [2.75, 3.05) is 12.9 Å². The van der Waals surface area contributed by atoms with Gasteiger partial charge in [-0.3, -0.25) is 9.89 Å². The quantitative estimate of drug-likeness (QED) is 0.850. The number of benzene rings is 1. The number of H-pyrrole nitrogens is 1. The van der Waals surface area contributed by atoms with Crippen LogP contribution in [0.1, 0.15) is 12.5 Å². The molecule has 100 valence electrons. The van der Waals surface area contributed by atoms with Crippen molar-refractivity contribution in [1.82, 2.24) is 15.2 Å². The van der Waals surface area contributed by atoms with Crippen molar-refractivity contribution in [3.63, 3.8) is 0 Å². The van der Waals surface area contributed by atoms with Gasteiger partial charge in [-0.25, -0.2) is 4.98 Å². The molecule has 0 spiro atoms. The third kappa shape index (κ3) is 3.35. The number of ether oxygens (including phenoxy) is 1. The van der Waals surface area contributed by atoms with E-state index in [1.807, 2.05) is 25.1 Å². The molecule has 0 atom stereocenters. The van der Waals surface area contributed by atoms with E-state index in [0.717, 1.165) is 16.9 Å². The van der Waals surface area contributed by atoms with Gasteiger partial charge in [0.2, 0.25) is 5.16 Å². The fourth-order valence-electron chi connectivity index (χ4n) is 1.63. The average molecular weight is 277 g/mol. The maximum absolute atomic E-state index is 10.9. The number of nitrogens with one attached hydrogen (secondary N) is 1. The van der Waals surface area contributed by atoms with Crippen LogP contribution >= 0.6 is 11.8 Å². The summed E-state index contributed by atoms with van der Waals surface area (Å²) in [4.78, 5) is 15.3. The van der Waals surface area contributed by atoms with Crippen LogP contribution in [-0.4, -0.2) is 33.8 Å². The molecule has 0 saturated heterocycles. The van der Waals surface area contributed by atoms with Crippen molar-refractivity contribution < 1.29 is 9.53 Å². The molecule has 0 bridgehead atoms. The Morgan fingerprint density at radius 1 is 1.47 bits per heavy atom. The molecule has 6 heteroatoms. The van der Waals surface area contributed by atoms with Gasteiger partial charge < -0.3 is 4.74 Å². The van der Waals surface area contributed by atoms with Gasteiger partial charge in [-0.2, -0.15) is 0 Å². The van der Waals surface area contributed by atoms with Crippen molar-refractivity contribution in [3.8, 4) is 17.1 Å². The molecule has 1 aromatic heterocycles. The highest BCUT2D eigenvalue weighted by Crippen LogP contribution is 2.25. The molecule has 0 aliphatic rings. The number of hydrogen-bond donors (Lipinski definition) is 1. The van der Waals surface area contributed by atoms with Gasteiger partial charge in [0.25, 0.3) is 0 Å². The van der Waals surface area contributed by atoms with E-state index in [9.17, 15) is 4.79 Å². The summed E-state index contributed by atoms with van der Waals surface area (Å²) in [7, 11) is 1.65. The molecule has 0 aliphatic heterocycles. The third-order valence-electron chi connectivity index (χ3n) is 2.54. The third-order valence-corrected chi connectivity index (χ3v) is 3.53. The molecule has 0 fully saturated rings. The van der Waals surface area contributed by atoms with Crippen LogP contribution in [0.15, 0.2) is 23.4 Å². The minimum Gasteiger partial charge on any atom is -0.496 e. The number of aromatic amines is 1. The molecule has 0 aliphatic carbocycles. The molecule has 5 nitrogen and oxygen atoms in total. The van der Waals surface area contributed by atoms with E-state index >= 15 is 0 Å². The number of rotatable bonds is 5. The fraction of sp³-hybridized carbons (Fsp3) is 0.308. The van der Waals surface area contributed by atoms with Crippen molar-refractivity contribution in [3.05, 3.63) is 23.8 Å². The topological polar surface area (TPSA) is 67.9 Å². The molecule has 0 unspecified atom stereocenters. The molecule has 0 saturated carbocycles. The van der Waals surface area contributed by atoms with Crippen LogP contribution in [0.25, 0.3) is 11.4 Å². The highest BCUT2D eigenvalue weighted by molar-refractivity contribution is 7.99. The largest absolute Gasteiger partial charge is 0.496 e. The van der Waals surface area contributed by atoms with Gasteiger partial charge in [-0.15, -0.1) is 5.10 Å². The van der Waals surface area contributed by atoms with Crippen LogP contribution in [0.4, 0.5) is 0 Å². The lowest BCUT2D eigenvalue weighted by atomic mass is 10.1. The first-order chi connectivity index (χ1) is 9.10. The maximum Gasteiger partial charge on any atom is 0.209 e. The van der Waals surface area contributed by atoms with Gasteiger partial charge in [0.15, 0.2) is 5.82 Å². The lowest BCUT2D eigenvalue weighted by Crippen LogP contribution is -1.93. The summed E-state index contributed by atoms with van der Waals surface area (Å²) >= 11 is 1.33. The zero-order valence-corrected chi connectivity index (χ0v) is 11.9. The zero-order valence-electron chi connectivity index (χ0n) is 11.1. The van der Waals surface area contributed by atoms with Gasteiger partial charge in [-0.05, 0) is 37.6 Å². The first-order valence-corrected chi connectivity index (χ1v) is 6.78. The summed E-state index contributed by atoms with van der Waals surface area (Å²) in [5.41, 5.74) is 1.98. The van der Waals surface area contributed by atoms with Crippen LogP contribution in [-0.2, 0) is 4.79 Å². The fourth-order valence-corrected chi connectivity index (χ4v) is 2.23. The lowest BCUT2D eigenvalue weighted by Gasteiger charge is -2.05. The monoisotopic (exact) mass is 277 g/mol. The van der Waals surface area contributed by atoms with E-state index in [0.29, 0.717) is 16.7 Å². The number of Topliss-reactive ketones (excluding diaryl/α,β-unsaturated/α-hetero) is 1. The van der Waals surface area contributed by atoms with E-state index in [4.69, 9.17) is 4.74 Å². The molecule has 2 aromatic rings. The Balaban J connectivity index is 2.18. The summed E-state index contributed by atoms with van der Waals surface area (Å²) in [5.74, 6) is 2.03. The second kappa shape index (κ2) is 5.88. The van der Waals surface area contributed by atoms with Crippen LogP contribution < -0.4 is 4.74 Å². The predicted molar refractivity (Wildman–Crippen MR) is 74.5 cm³/mol. The number of carbonyl (C=O) groups excluding carboxylic acids is 1. The Morgan fingerprint density at radius 2 is 2.26 bits per heavy atom. The average Bonchev–Trinajstić information content (AvgIpc) is 2.85. The molecule has 2 rings (SSSR count). The molecule has 1 N–H and O–H groups in total. The summed E-state index contributed by atoms with van der Waals surface area (Å²) in [5, 5.41) is 7.54. The predicted octanol–water partition coefficient (Wildman–Crippen LogP) is 2.47. The minimum absolute atomic E-state index is 0.108. The molecule has 19 heavy (non-hydrogen) atoms. The zero-order chi connectivity index (χ0) is 13.8. The second-order valence-corrected chi connectivity index (χ2v) is 5.08. The Morgan fingerprint density at radius 3 is 2.89 bits per heavy atom. The van der Waals surface area contributed by atoms with Gasteiger partial charge in [0.05, 0.1) is 12.9 Å². The van der Waals surface area contributed by atoms with Crippen molar-refractivity contribution in [2.45, 2.75) is 19.0 Å². The van der Waals surface area contributed by atoms with Crippen LogP contribution in [0, 0.1) is 6.92 Å². The first-order valence-electron chi connectivity index (χ1n) is 5.80. The molecule has 0 amide bonds. The maximum atomic E-state index is 10.9. The minimum atomic E-state index is 0.108. The molecular weight excluding hydrogens is 262 g/mol. The molecular formula is C13H15N3O2S. The summed E-state index contributed by atoms with van der Waals surface area (Å²) in [6, 6.07) is 5.81. The summed E-state index contributed by atoms with van der Waals surface area (Å²) < 4.78 is 5.22. The van der Waals surface area contributed by atoms with E-state index in [-0.39, 0.29) is 5.78 Å². The Hall–Kier alpha value is -1.82. The van der Waals surface area contributed by atoms with Crippen molar-refractivity contribution in [1.29, 1.82) is 0 Å². The number of thioether (sulfide) groups is 1. The molecule has 1 aromatic carbocycles. The number of carbonyl (C=O) groups is 1. The van der Waals surface area contributed by atoms with Gasteiger partial charge in [0, 0.05) is 5.56 Å². The van der Waals surface area contributed by atoms with Crippen LogP contribution in [0.3, 0.4) is 0 Å². The Bertz CT molecular complexity index is 595. The summed E-state index contributed by atoms with van der Waals surface area (Å²) in [6.45, 7) is 3.53. The normalized spacial score (nSPS) is 10.5. The number of nitrogens with zero attached hydrogens (tertiary/aromatic N) is 2. The SMILES string of the molecule is COc1ccc(-c2nc(SCC(C)=O)n[nH]2)cc1C. The van der Waals surface area contributed by atoms with Gasteiger partial charge >= 0.3 is 0 Å². The number of hydrogen-bond acceptors (Lipinski definition) is 5. The number of methoxy groups -OCH3 is 1. The van der Waals surface area contributed by atoms with Crippen molar-refractivity contribution >= 4 is 17.5 Å². The lowest BCUT2D eigenvalue weighted by molar-refractivity contribution is -0.114. The van der Waals surface area contributed by atoms with E-state index < -0.39 is 0 Å². The van der Waals surface area contributed by atoms with E-state index in [1.165, 1.54) is 11.8 Å². The highest BCUT2D eigenvalue weighted by atomic mass is 32.2. The highest BCUT2D eigenvalue weighted by Gasteiger charge is 2.08. The van der Waals surface area contributed by atoms with Crippen LogP contribution in [0.5, 0.6) is 5.75 Å². The summed E-state index contributed by atoms with van der Waals surface area (Å²) in [6.07, 6.45) is 0. The van der Waals surface area contributed by atoms with Crippen molar-refractivity contribution in [2.24, 2.45) is 0 Å². The van der Waals surface area contributed by atoms with E-state index in [2.05, 4.69) is 15.2 Å². The second-order valence-electron chi connectivity index (χ2n) is 4.14. The van der Waals surface area contributed by atoms with Gasteiger partial charge in [-0.1, -0.05) is 11.8 Å². The van der Waals surface area contributed by atoms with E-state index in [1.54, 1.807) is 14.0 Å². The Labute approximate surface area is 115 Å².